The van der Waals surface area contributed by atoms with E-state index in [1.807, 2.05) is 30.3 Å². The van der Waals surface area contributed by atoms with Gasteiger partial charge in [0.15, 0.2) is 0 Å². The predicted molar refractivity (Wildman–Crippen MR) is 43.1 cm³/mol. The van der Waals surface area contributed by atoms with Gasteiger partial charge in [0.25, 0.3) is 0 Å². The third-order valence-electron chi connectivity index (χ3n) is 1.22. The molecular weight excluding hydrogens is 290 g/mol. The molecule has 0 radical (unpaired) electrons. The van der Waals surface area contributed by atoms with Crippen LogP contribution < -0.4 is 0 Å². The predicted octanol–water partition coefficient (Wildman–Crippen LogP) is 1.78. The van der Waals surface area contributed by atoms with Gasteiger partial charge in [-0.2, -0.15) is 0 Å². The topological polar surface area (TPSA) is 37.3 Å². The van der Waals surface area contributed by atoms with E-state index in [-0.39, 0.29) is 40.4 Å². The van der Waals surface area contributed by atoms with Crippen molar-refractivity contribution >= 4 is 12.0 Å². The van der Waals surface area contributed by atoms with E-state index in [1.54, 1.807) is 6.08 Å². The Labute approximate surface area is 103 Å². The molecule has 0 spiro atoms. The largest absolute Gasteiger partial charge is 0.478 e. The molecule has 1 rings (SSSR count). The van der Waals surface area contributed by atoms with Crippen LogP contribution in [0.3, 0.4) is 0 Å². The Bertz CT molecular complexity index is 267. The van der Waals surface area contributed by atoms with Crippen LogP contribution in [0.2, 0.25) is 0 Å². The number of benzene rings is 1. The monoisotopic (exact) mass is 300 g/mol. The van der Waals surface area contributed by atoms with Gasteiger partial charge in [0.2, 0.25) is 0 Å². The van der Waals surface area contributed by atoms with Crippen LogP contribution in [-0.2, 0) is 4.79 Å². The summed E-state index contributed by atoms with van der Waals surface area (Å²) in [6.45, 7) is 0. The quantitative estimate of drug-likeness (QED) is 0.845. The van der Waals surface area contributed by atoms with Crippen LogP contribution >= 0.6 is 0 Å². The van der Waals surface area contributed by atoms with E-state index < -0.39 is 5.97 Å². The maximum Gasteiger partial charge on any atom is 0.328 e. The molecule has 0 amide bonds. The van der Waals surface area contributed by atoms with Crippen molar-refractivity contribution in [3.8, 4) is 0 Å². The Balaban J connectivity index is 0.00000121. The van der Waals surface area contributed by atoms with Crippen molar-refractivity contribution in [3.05, 3.63) is 42.0 Å². The first-order valence-electron chi connectivity index (χ1n) is 3.25. The molecule has 0 heterocycles. The first kappa shape index (κ1) is 11.8. The molecule has 1 aromatic carbocycles. The Morgan fingerprint density at radius 1 is 1.25 bits per heavy atom. The molecule has 0 atom stereocenters. The van der Waals surface area contributed by atoms with E-state index in [1.165, 1.54) is 0 Å². The minimum Gasteiger partial charge on any atom is -0.478 e. The molecule has 0 bridgehead atoms. The van der Waals surface area contributed by atoms with E-state index in [4.69, 9.17) is 5.11 Å². The molecule has 0 fully saturated rings. The summed E-state index contributed by atoms with van der Waals surface area (Å²) >= 11 is 0. The summed E-state index contributed by atoms with van der Waals surface area (Å²) in [5.74, 6) is -0.922. The third-order valence-corrected chi connectivity index (χ3v) is 1.22. The zero-order valence-corrected chi connectivity index (χ0v) is 8.92. The smallest absolute Gasteiger partial charge is 0.328 e. The Morgan fingerprint density at radius 2 is 1.83 bits per heavy atom. The molecule has 0 aliphatic rings. The van der Waals surface area contributed by atoms with Gasteiger partial charge in [-0.3, -0.25) is 0 Å². The molecule has 1 N–H and O–H groups in total. The Hall–Kier alpha value is -0.232. The number of hydrogen-bond donors (Lipinski definition) is 1. The Morgan fingerprint density at radius 3 is 2.33 bits per heavy atom. The zero-order chi connectivity index (χ0) is 8.10. The average Bonchev–Trinajstić information content (AvgIpc) is 2.03. The second-order valence-corrected chi connectivity index (χ2v) is 2.08. The van der Waals surface area contributed by atoms with Crippen LogP contribution in [0.25, 0.3) is 6.08 Å². The average molecular weight is 299 g/mol. The molecule has 0 unspecified atom stereocenters. The maximum absolute atomic E-state index is 10.1. The van der Waals surface area contributed by atoms with Crippen LogP contribution in [0.4, 0.5) is 0 Å². The summed E-state index contributed by atoms with van der Waals surface area (Å²) < 4.78 is 0. The number of carboxylic acids is 1. The standard InChI is InChI=1S/C9H8O2.Sm/c10-9(11)7-6-8-4-2-1-3-5-8;/h1-7H,(H,10,11);. The molecule has 0 aromatic heterocycles. The van der Waals surface area contributed by atoms with Crippen LogP contribution in [0.1, 0.15) is 5.56 Å². The fourth-order valence-corrected chi connectivity index (χ4v) is 0.732. The molecule has 0 saturated heterocycles. The molecule has 2 nitrogen and oxygen atoms in total. The van der Waals surface area contributed by atoms with E-state index >= 15 is 0 Å². The van der Waals surface area contributed by atoms with Gasteiger partial charge in [0.05, 0.1) is 0 Å². The van der Waals surface area contributed by atoms with Gasteiger partial charge in [-0.1, -0.05) is 30.3 Å². The van der Waals surface area contributed by atoms with E-state index in [0.29, 0.717) is 0 Å². The normalized spacial score (nSPS) is 9.33. The SMILES string of the molecule is O=C(O)C=Cc1ccccc1.[Sm]. The van der Waals surface area contributed by atoms with Gasteiger partial charge in [0, 0.05) is 46.5 Å². The molecule has 62 valence electrons. The third kappa shape index (κ3) is 4.61. The van der Waals surface area contributed by atoms with Crippen molar-refractivity contribution in [1.29, 1.82) is 0 Å². The number of aliphatic carboxylic acids is 1. The van der Waals surface area contributed by atoms with Crippen LogP contribution in [0, 0.1) is 40.4 Å². The number of rotatable bonds is 2. The molecule has 3 heteroatoms. The van der Waals surface area contributed by atoms with Gasteiger partial charge in [-0.25, -0.2) is 4.79 Å². The molecule has 0 aliphatic carbocycles. The van der Waals surface area contributed by atoms with E-state index in [2.05, 4.69) is 0 Å². The van der Waals surface area contributed by atoms with Crippen LogP contribution in [-0.4, -0.2) is 11.1 Å². The number of hydrogen-bond acceptors (Lipinski definition) is 1. The van der Waals surface area contributed by atoms with Crippen molar-refractivity contribution in [3.63, 3.8) is 0 Å². The Kier molecular flexibility index (Phi) is 6.18. The van der Waals surface area contributed by atoms with E-state index in [9.17, 15) is 4.79 Å². The molecule has 0 saturated carbocycles. The van der Waals surface area contributed by atoms with Crippen molar-refractivity contribution in [2.24, 2.45) is 0 Å². The van der Waals surface area contributed by atoms with Gasteiger partial charge >= 0.3 is 5.97 Å². The zero-order valence-electron chi connectivity index (χ0n) is 6.31. The van der Waals surface area contributed by atoms with Crippen molar-refractivity contribution < 1.29 is 50.3 Å². The van der Waals surface area contributed by atoms with Crippen molar-refractivity contribution in [1.82, 2.24) is 0 Å². The minimum absolute atomic E-state index is 0. The number of carbonyl (C=O) groups is 1. The summed E-state index contributed by atoms with van der Waals surface area (Å²) in [5, 5.41) is 8.29. The van der Waals surface area contributed by atoms with Gasteiger partial charge in [-0.05, 0) is 11.6 Å². The summed E-state index contributed by atoms with van der Waals surface area (Å²) in [5.41, 5.74) is 0.898. The first-order chi connectivity index (χ1) is 5.29. The minimum atomic E-state index is -0.922. The maximum atomic E-state index is 10.1. The summed E-state index contributed by atoms with van der Waals surface area (Å²) in [4.78, 5) is 10.1. The van der Waals surface area contributed by atoms with Gasteiger partial charge in [0.1, 0.15) is 0 Å². The second kappa shape index (κ2) is 6.30. The number of carboxylic acid groups (broad SMARTS) is 1. The molecule has 1 aromatic rings. The summed E-state index contributed by atoms with van der Waals surface area (Å²) in [6.07, 6.45) is 2.68. The first-order valence-corrected chi connectivity index (χ1v) is 3.25. The molecule has 12 heavy (non-hydrogen) atoms. The molecule has 0 aliphatic heterocycles. The second-order valence-electron chi connectivity index (χ2n) is 2.08. The fraction of sp³-hybridized carbons (Fsp3) is 0. The van der Waals surface area contributed by atoms with Crippen LogP contribution in [0.15, 0.2) is 36.4 Å². The van der Waals surface area contributed by atoms with Crippen molar-refractivity contribution in [2.75, 3.05) is 0 Å². The molecular formula is C9H8O2Sm. The summed E-state index contributed by atoms with van der Waals surface area (Å²) in [6, 6.07) is 9.31. The fourth-order valence-electron chi connectivity index (χ4n) is 0.732. The summed E-state index contributed by atoms with van der Waals surface area (Å²) in [7, 11) is 0. The van der Waals surface area contributed by atoms with Crippen LogP contribution in [0.5, 0.6) is 0 Å². The van der Waals surface area contributed by atoms with Gasteiger partial charge < -0.3 is 5.11 Å². The van der Waals surface area contributed by atoms with Crippen molar-refractivity contribution in [2.45, 2.75) is 0 Å². The van der Waals surface area contributed by atoms with Gasteiger partial charge in [-0.15, -0.1) is 0 Å². The van der Waals surface area contributed by atoms with E-state index in [0.717, 1.165) is 11.6 Å².